The minimum absolute atomic E-state index is 0.0278. The second-order valence-corrected chi connectivity index (χ2v) is 9.42. The molecule has 3 heterocycles. The molecule has 4 rings (SSSR count). The van der Waals surface area contributed by atoms with Gasteiger partial charge in [-0.2, -0.15) is 0 Å². The molecule has 176 valence electrons. The van der Waals surface area contributed by atoms with Crippen LogP contribution < -0.4 is 0 Å². The highest BCUT2D eigenvalue weighted by molar-refractivity contribution is 5.78. The first-order valence-corrected chi connectivity index (χ1v) is 12.4. The first-order valence-electron chi connectivity index (χ1n) is 12.4. The van der Waals surface area contributed by atoms with Gasteiger partial charge in [-0.15, -0.1) is 0 Å². The van der Waals surface area contributed by atoms with Crippen molar-refractivity contribution in [2.45, 2.75) is 51.6 Å². The summed E-state index contributed by atoms with van der Waals surface area (Å²) < 4.78 is 5.59. The van der Waals surface area contributed by atoms with Gasteiger partial charge in [-0.3, -0.25) is 19.6 Å². The number of nitrogens with zero attached hydrogens (tertiary/aromatic N) is 3. The smallest absolute Gasteiger partial charge is 0.313 e. The zero-order chi connectivity index (χ0) is 22.9. The highest BCUT2D eigenvalue weighted by Gasteiger charge is 2.44. The largest absolute Gasteiger partial charge is 0.466 e. The number of carbonyl (C=O) groups excluding carboxylic acids is 1. The minimum atomic E-state index is -0.440. The topological polar surface area (TPSA) is 45.7 Å². The van der Waals surface area contributed by atoms with E-state index in [2.05, 4.69) is 51.2 Å². The number of carbonyl (C=O) groups is 1. The molecule has 33 heavy (non-hydrogen) atoms. The molecule has 2 aromatic rings. The molecular weight excluding hydrogens is 410 g/mol. The van der Waals surface area contributed by atoms with Crippen LogP contribution in [0.25, 0.3) is 6.08 Å². The summed E-state index contributed by atoms with van der Waals surface area (Å²) in [6.45, 7) is 7.31. The van der Waals surface area contributed by atoms with E-state index >= 15 is 0 Å². The van der Waals surface area contributed by atoms with Crippen LogP contribution in [0.5, 0.6) is 0 Å². The third-order valence-electron chi connectivity index (χ3n) is 7.12. The van der Waals surface area contributed by atoms with E-state index in [0.29, 0.717) is 12.6 Å². The molecule has 0 amide bonds. The third kappa shape index (κ3) is 6.30. The van der Waals surface area contributed by atoms with Crippen molar-refractivity contribution in [2.75, 3.05) is 32.8 Å². The van der Waals surface area contributed by atoms with Crippen LogP contribution in [-0.4, -0.2) is 59.6 Å². The lowest BCUT2D eigenvalue weighted by Crippen LogP contribution is -2.54. The Morgan fingerprint density at radius 1 is 1.12 bits per heavy atom. The van der Waals surface area contributed by atoms with E-state index in [1.165, 1.54) is 5.56 Å². The number of likely N-dealkylation sites (tertiary alicyclic amines) is 2. The highest BCUT2D eigenvalue weighted by Crippen LogP contribution is 2.37. The molecule has 2 fully saturated rings. The molecule has 2 aliphatic heterocycles. The van der Waals surface area contributed by atoms with Crippen LogP contribution >= 0.6 is 0 Å². The van der Waals surface area contributed by atoms with E-state index in [9.17, 15) is 4.79 Å². The summed E-state index contributed by atoms with van der Waals surface area (Å²) in [5, 5.41) is 0. The normalized spacial score (nSPS) is 23.1. The lowest BCUT2D eigenvalue weighted by atomic mass is 9.76. The van der Waals surface area contributed by atoms with Crippen LogP contribution in [0.2, 0.25) is 0 Å². The van der Waals surface area contributed by atoms with Gasteiger partial charge < -0.3 is 4.74 Å². The third-order valence-corrected chi connectivity index (χ3v) is 7.12. The molecule has 0 bridgehead atoms. The molecule has 0 saturated carbocycles. The Labute approximate surface area is 198 Å². The molecular formula is C28H37N3O2. The zero-order valence-electron chi connectivity index (χ0n) is 19.9. The molecule has 1 atom stereocenters. The number of hydrogen-bond donors (Lipinski definition) is 0. The van der Waals surface area contributed by atoms with Crippen LogP contribution in [0.1, 0.15) is 50.3 Å². The van der Waals surface area contributed by atoms with Crippen LogP contribution in [0, 0.1) is 5.41 Å². The van der Waals surface area contributed by atoms with E-state index in [1.54, 1.807) is 0 Å². The van der Waals surface area contributed by atoms with E-state index < -0.39 is 5.41 Å². The van der Waals surface area contributed by atoms with Crippen LogP contribution in [0.3, 0.4) is 0 Å². The van der Waals surface area contributed by atoms with Gasteiger partial charge in [-0.1, -0.05) is 48.6 Å². The van der Waals surface area contributed by atoms with Crippen molar-refractivity contribution in [3.63, 3.8) is 0 Å². The molecule has 1 aromatic carbocycles. The second-order valence-electron chi connectivity index (χ2n) is 9.42. The first kappa shape index (κ1) is 23.7. The fourth-order valence-electron chi connectivity index (χ4n) is 5.33. The molecule has 0 aliphatic carbocycles. The molecule has 5 heteroatoms. The van der Waals surface area contributed by atoms with Gasteiger partial charge in [0.1, 0.15) is 0 Å². The van der Waals surface area contributed by atoms with Gasteiger partial charge in [0, 0.05) is 38.4 Å². The predicted molar refractivity (Wildman–Crippen MR) is 133 cm³/mol. The van der Waals surface area contributed by atoms with E-state index in [-0.39, 0.29) is 5.97 Å². The number of allylic oxidation sites excluding steroid dienone is 1. The molecule has 0 N–H and O–H groups in total. The lowest BCUT2D eigenvalue weighted by Gasteiger charge is -2.46. The quantitative estimate of drug-likeness (QED) is 0.544. The summed E-state index contributed by atoms with van der Waals surface area (Å²) in [7, 11) is 0. The minimum Gasteiger partial charge on any atom is -0.466 e. The number of esters is 1. The number of benzene rings is 1. The Bertz CT molecular complexity index is 894. The van der Waals surface area contributed by atoms with Crippen molar-refractivity contribution < 1.29 is 9.53 Å². The monoisotopic (exact) mass is 447 g/mol. The summed E-state index contributed by atoms with van der Waals surface area (Å²) in [6.07, 6.45) is 11.2. The first-order chi connectivity index (χ1) is 16.2. The Morgan fingerprint density at radius 3 is 2.64 bits per heavy atom. The summed E-state index contributed by atoms with van der Waals surface area (Å²) in [5.41, 5.74) is 1.87. The van der Waals surface area contributed by atoms with Gasteiger partial charge in [0.05, 0.1) is 17.7 Å². The number of pyridine rings is 1. The number of ether oxygens (including phenoxy) is 1. The van der Waals surface area contributed by atoms with Crippen molar-refractivity contribution in [1.82, 2.24) is 14.8 Å². The van der Waals surface area contributed by atoms with E-state index in [0.717, 1.165) is 70.5 Å². The number of piperidine rings is 2. The molecule has 0 radical (unpaired) electrons. The Balaban J connectivity index is 1.38. The fourth-order valence-corrected chi connectivity index (χ4v) is 5.33. The maximum atomic E-state index is 13.1. The average molecular weight is 448 g/mol. The van der Waals surface area contributed by atoms with Crippen molar-refractivity contribution in [3.8, 4) is 0 Å². The van der Waals surface area contributed by atoms with Gasteiger partial charge in [0.15, 0.2) is 0 Å². The van der Waals surface area contributed by atoms with E-state index in [1.807, 2.05) is 37.4 Å². The SMILES string of the molecule is CCOC(=O)[C@]1(C/C=C/c2ccccc2)CCCN(C2CCN(Cc3ccccn3)CC2)C1. The van der Waals surface area contributed by atoms with Gasteiger partial charge >= 0.3 is 5.97 Å². The summed E-state index contributed by atoms with van der Waals surface area (Å²) in [4.78, 5) is 22.7. The standard InChI is InChI=1S/C28H37N3O2/c1-2-33-27(32)28(16-8-12-24-10-4-3-5-11-24)17-9-19-31(23-28)26-14-20-30(21-15-26)22-25-13-6-7-18-29-25/h3-8,10-13,18,26H,2,9,14-17,19-23H2,1H3/b12-8+/t28-/m1/s1. The van der Waals surface area contributed by atoms with Crippen LogP contribution in [-0.2, 0) is 16.1 Å². The molecule has 0 unspecified atom stereocenters. The molecule has 2 aliphatic rings. The van der Waals surface area contributed by atoms with Crippen molar-refractivity contribution in [1.29, 1.82) is 0 Å². The Kier molecular flexibility index (Phi) is 8.30. The summed E-state index contributed by atoms with van der Waals surface area (Å²) >= 11 is 0. The molecule has 1 aromatic heterocycles. The fraction of sp³-hybridized carbons (Fsp3) is 0.500. The average Bonchev–Trinajstić information content (AvgIpc) is 2.86. The van der Waals surface area contributed by atoms with Crippen molar-refractivity contribution in [3.05, 3.63) is 72.1 Å². The lowest BCUT2D eigenvalue weighted by molar-refractivity contribution is -0.160. The van der Waals surface area contributed by atoms with Crippen molar-refractivity contribution in [2.24, 2.45) is 5.41 Å². The van der Waals surface area contributed by atoms with Gasteiger partial charge in [0.2, 0.25) is 0 Å². The summed E-state index contributed by atoms with van der Waals surface area (Å²) in [6, 6.07) is 17.0. The van der Waals surface area contributed by atoms with E-state index in [4.69, 9.17) is 4.74 Å². The van der Waals surface area contributed by atoms with Gasteiger partial charge in [0.25, 0.3) is 0 Å². The number of rotatable bonds is 8. The number of aromatic nitrogens is 1. The second kappa shape index (κ2) is 11.6. The predicted octanol–water partition coefficient (Wildman–Crippen LogP) is 4.79. The molecule has 2 saturated heterocycles. The molecule has 0 spiro atoms. The van der Waals surface area contributed by atoms with Crippen LogP contribution in [0.4, 0.5) is 0 Å². The zero-order valence-corrected chi connectivity index (χ0v) is 19.9. The van der Waals surface area contributed by atoms with Crippen LogP contribution in [0.15, 0.2) is 60.8 Å². The maximum Gasteiger partial charge on any atom is 0.313 e. The Morgan fingerprint density at radius 2 is 1.91 bits per heavy atom. The number of hydrogen-bond acceptors (Lipinski definition) is 5. The van der Waals surface area contributed by atoms with Crippen molar-refractivity contribution >= 4 is 12.0 Å². The molecule has 5 nitrogen and oxygen atoms in total. The summed E-state index contributed by atoms with van der Waals surface area (Å²) in [5.74, 6) is -0.0278. The maximum absolute atomic E-state index is 13.1. The van der Waals surface area contributed by atoms with Gasteiger partial charge in [-0.25, -0.2) is 0 Å². The van der Waals surface area contributed by atoms with Gasteiger partial charge in [-0.05, 0) is 63.3 Å². The highest BCUT2D eigenvalue weighted by atomic mass is 16.5. The Hall–Kier alpha value is -2.50.